The Balaban J connectivity index is 0.00000225. The molecule has 0 fully saturated rings. The van der Waals surface area contributed by atoms with E-state index in [1.54, 1.807) is 19.2 Å². The topological polar surface area (TPSA) is 70.2 Å². The molecule has 0 aromatic heterocycles. The molecule has 0 aliphatic rings. The molecule has 0 aliphatic carbocycles. The van der Waals surface area contributed by atoms with Crippen molar-refractivity contribution in [3.8, 4) is 0 Å². The second kappa shape index (κ2) is 6.85. The van der Waals surface area contributed by atoms with Crippen LogP contribution in [-0.4, -0.2) is 21.7 Å². The molecule has 0 heterocycles. The first-order chi connectivity index (χ1) is 7.01. The largest absolute Gasteiger partial charge is 0.284 e. The molecule has 5 nitrogen and oxygen atoms in total. The number of halogens is 1. The third-order valence-electron chi connectivity index (χ3n) is 1.73. The van der Waals surface area contributed by atoms with Crippen LogP contribution in [0.25, 0.3) is 0 Å². The monoisotopic (exact) mass is 309 g/mol. The van der Waals surface area contributed by atoms with Gasteiger partial charge in [0.2, 0.25) is 10.0 Å². The molecular weight excluding hydrogens is 294 g/mol. The van der Waals surface area contributed by atoms with Crippen molar-refractivity contribution >= 4 is 32.7 Å². The van der Waals surface area contributed by atoms with Gasteiger partial charge >= 0.3 is 0 Å². The lowest BCUT2D eigenvalue weighted by Gasteiger charge is -2.06. The second-order valence-corrected chi connectivity index (χ2v) is 4.92. The summed E-state index contributed by atoms with van der Waals surface area (Å²) < 4.78 is 24.2. The van der Waals surface area contributed by atoms with Crippen molar-refractivity contribution in [1.29, 1.82) is 0 Å². The molecule has 0 unspecified atom stereocenters. The zero-order chi connectivity index (χ0) is 11.3. The predicted octanol–water partition coefficient (Wildman–Crippen LogP) is 0.860. The fourth-order valence-electron chi connectivity index (χ4n) is 1.10. The summed E-state index contributed by atoms with van der Waals surface area (Å²) in [5, 5.41) is 0. The van der Waals surface area contributed by atoms with Crippen molar-refractivity contribution in [2.24, 2.45) is 0 Å². The quantitative estimate of drug-likeness (QED) is 0.706. The van der Waals surface area contributed by atoms with Gasteiger partial charge in [-0.3, -0.25) is 15.6 Å². The van der Waals surface area contributed by atoms with E-state index < -0.39 is 10.0 Å². The molecule has 16 heavy (non-hydrogen) atoms. The maximum Gasteiger partial charge on any atom is 0.229 e. The number of nitrogens with one attached hydrogen (secondary N) is 3. The highest BCUT2D eigenvalue weighted by Crippen LogP contribution is 2.10. The molecule has 0 bridgehead atoms. The first kappa shape index (κ1) is 15.4. The first-order valence-electron chi connectivity index (χ1n) is 4.47. The molecule has 1 rings (SSSR count). The lowest BCUT2D eigenvalue weighted by atomic mass is 10.2. The van der Waals surface area contributed by atoms with Gasteiger partial charge in [0.15, 0.2) is 0 Å². The Hall–Kier alpha value is -0.630. The Bertz CT molecular complexity index is 405. The number of anilines is 1. The van der Waals surface area contributed by atoms with E-state index in [0.717, 1.165) is 11.8 Å². The van der Waals surface area contributed by atoms with Crippen LogP contribution in [0.5, 0.6) is 0 Å². The highest BCUT2D eigenvalue weighted by atomic mass is 79.9. The third-order valence-corrected chi connectivity index (χ3v) is 2.33. The zero-order valence-corrected chi connectivity index (χ0v) is 11.7. The number of hydrogen-bond donors (Lipinski definition) is 3. The Morgan fingerprint density at radius 3 is 2.19 bits per heavy atom. The van der Waals surface area contributed by atoms with E-state index in [2.05, 4.69) is 15.6 Å². The van der Waals surface area contributed by atoms with Crippen LogP contribution in [0.4, 0.5) is 5.69 Å². The van der Waals surface area contributed by atoms with Gasteiger partial charge in [0.1, 0.15) is 0 Å². The van der Waals surface area contributed by atoms with E-state index in [0.29, 0.717) is 12.2 Å². The molecule has 1 aromatic rings. The summed E-state index contributed by atoms with van der Waals surface area (Å²) in [5.74, 6) is 0. The second-order valence-electron chi connectivity index (χ2n) is 3.17. The Morgan fingerprint density at radius 1 is 1.19 bits per heavy atom. The van der Waals surface area contributed by atoms with Gasteiger partial charge in [0, 0.05) is 12.2 Å². The molecule has 0 saturated heterocycles. The summed E-state index contributed by atoms with van der Waals surface area (Å²) >= 11 is 0. The first-order valence-corrected chi connectivity index (χ1v) is 6.37. The molecule has 92 valence electrons. The van der Waals surface area contributed by atoms with Crippen LogP contribution in [0.3, 0.4) is 0 Å². The molecule has 0 spiro atoms. The van der Waals surface area contributed by atoms with E-state index in [4.69, 9.17) is 0 Å². The lowest BCUT2D eigenvalue weighted by Crippen LogP contribution is -2.26. The van der Waals surface area contributed by atoms with Crippen molar-refractivity contribution in [2.45, 2.75) is 6.54 Å². The van der Waals surface area contributed by atoms with Gasteiger partial charge < -0.3 is 0 Å². The lowest BCUT2D eigenvalue weighted by molar-refractivity contribution is 0.596. The minimum Gasteiger partial charge on any atom is -0.284 e. The van der Waals surface area contributed by atoms with Crippen LogP contribution in [-0.2, 0) is 16.6 Å². The summed E-state index contributed by atoms with van der Waals surface area (Å²) in [6, 6.07) is 7.18. The number of benzene rings is 1. The van der Waals surface area contributed by atoms with Crippen molar-refractivity contribution in [3.63, 3.8) is 0 Å². The Labute approximate surface area is 106 Å². The summed E-state index contributed by atoms with van der Waals surface area (Å²) in [6.45, 7) is 0.690. The van der Waals surface area contributed by atoms with E-state index in [9.17, 15) is 8.42 Å². The molecule has 0 aliphatic heterocycles. The van der Waals surface area contributed by atoms with Gasteiger partial charge in [-0.05, 0) is 24.7 Å². The summed E-state index contributed by atoms with van der Waals surface area (Å²) in [4.78, 5) is 0. The van der Waals surface area contributed by atoms with E-state index >= 15 is 0 Å². The van der Waals surface area contributed by atoms with Crippen molar-refractivity contribution < 1.29 is 8.42 Å². The molecule has 0 amide bonds. The van der Waals surface area contributed by atoms with Gasteiger partial charge in [0.05, 0.1) is 6.26 Å². The molecule has 3 N–H and O–H groups in total. The fraction of sp³-hybridized carbons (Fsp3) is 0.333. The summed E-state index contributed by atoms with van der Waals surface area (Å²) in [7, 11) is -1.39. The van der Waals surface area contributed by atoms with Crippen molar-refractivity contribution in [3.05, 3.63) is 29.8 Å². The fourth-order valence-corrected chi connectivity index (χ4v) is 1.66. The zero-order valence-electron chi connectivity index (χ0n) is 9.15. The maximum atomic E-state index is 10.9. The van der Waals surface area contributed by atoms with Crippen LogP contribution in [0.2, 0.25) is 0 Å². The normalized spacial score (nSPS) is 10.6. The van der Waals surface area contributed by atoms with Crippen LogP contribution in [0.1, 0.15) is 5.56 Å². The molecule has 1 aromatic carbocycles. The van der Waals surface area contributed by atoms with Crippen LogP contribution >= 0.6 is 17.0 Å². The summed E-state index contributed by atoms with van der Waals surface area (Å²) in [6.07, 6.45) is 1.13. The van der Waals surface area contributed by atoms with E-state index in [1.165, 1.54) is 0 Å². The molecular formula is C9H16BrN3O2S. The molecule has 0 atom stereocenters. The van der Waals surface area contributed by atoms with Crippen LogP contribution < -0.4 is 15.6 Å². The molecule has 0 saturated carbocycles. The van der Waals surface area contributed by atoms with Crippen molar-refractivity contribution in [2.75, 3.05) is 18.0 Å². The molecule has 0 radical (unpaired) electrons. The highest BCUT2D eigenvalue weighted by molar-refractivity contribution is 8.93. The summed E-state index contributed by atoms with van der Waals surface area (Å²) in [5.41, 5.74) is 7.40. The number of hydrazine groups is 1. The number of rotatable bonds is 5. The van der Waals surface area contributed by atoms with Crippen LogP contribution in [0.15, 0.2) is 24.3 Å². The van der Waals surface area contributed by atoms with E-state index in [-0.39, 0.29) is 17.0 Å². The van der Waals surface area contributed by atoms with Gasteiger partial charge in [-0.25, -0.2) is 8.42 Å². The van der Waals surface area contributed by atoms with Crippen molar-refractivity contribution in [1.82, 2.24) is 10.9 Å². The Kier molecular flexibility index (Phi) is 6.58. The van der Waals surface area contributed by atoms with E-state index in [1.807, 2.05) is 12.1 Å². The van der Waals surface area contributed by atoms with Crippen LogP contribution in [0, 0.1) is 0 Å². The average molecular weight is 310 g/mol. The predicted molar refractivity (Wildman–Crippen MR) is 71.1 cm³/mol. The number of hydrogen-bond acceptors (Lipinski definition) is 4. The SMILES string of the molecule is Br.CNNCc1ccc(NS(C)(=O)=O)cc1. The average Bonchev–Trinajstić information content (AvgIpc) is 2.14. The highest BCUT2D eigenvalue weighted by Gasteiger charge is 2.00. The van der Waals surface area contributed by atoms with Gasteiger partial charge in [-0.2, -0.15) is 0 Å². The standard InChI is InChI=1S/C9H15N3O2S.BrH/c1-10-11-7-8-3-5-9(6-4-8)12-15(2,13)14;/h3-6,10-12H,7H2,1-2H3;1H. The van der Waals surface area contributed by atoms with Gasteiger partial charge in [-0.1, -0.05) is 12.1 Å². The Morgan fingerprint density at radius 2 is 1.75 bits per heavy atom. The van der Waals surface area contributed by atoms with Gasteiger partial charge in [0.25, 0.3) is 0 Å². The maximum absolute atomic E-state index is 10.9. The third kappa shape index (κ3) is 6.06. The minimum atomic E-state index is -3.18. The van der Waals surface area contributed by atoms with Gasteiger partial charge in [-0.15, -0.1) is 17.0 Å². The minimum absolute atomic E-state index is 0. The molecule has 7 heteroatoms. The number of sulfonamides is 1. The smallest absolute Gasteiger partial charge is 0.229 e.